The van der Waals surface area contributed by atoms with Gasteiger partial charge in [0.25, 0.3) is 0 Å². The molecule has 0 aliphatic heterocycles. The maximum absolute atomic E-state index is 12.1. The van der Waals surface area contributed by atoms with E-state index in [-0.39, 0.29) is 19.0 Å². The lowest BCUT2D eigenvalue weighted by Gasteiger charge is -2.13. The quantitative estimate of drug-likeness (QED) is 0.896. The molecule has 102 valence electrons. The molecule has 1 aromatic carbocycles. The highest BCUT2D eigenvalue weighted by Crippen LogP contribution is 2.53. The number of hydrogen-bond donors (Lipinski definition) is 1. The fraction of sp³-hybridized carbons (Fsp3) is 0.500. The molecule has 18 heavy (non-hydrogen) atoms. The summed E-state index contributed by atoms with van der Waals surface area (Å²) in [6.45, 7) is 0.131. The van der Waals surface area contributed by atoms with Crippen molar-refractivity contribution in [3.05, 3.63) is 27.7 Å². The van der Waals surface area contributed by atoms with Gasteiger partial charge in [-0.15, -0.1) is 12.4 Å². The molecule has 2 atom stereocenters. The average molecular weight is 315 g/mol. The van der Waals surface area contributed by atoms with E-state index in [9.17, 15) is 4.39 Å². The van der Waals surface area contributed by atoms with Crippen molar-refractivity contribution in [3.8, 4) is 5.75 Å². The average Bonchev–Trinajstić information content (AvgIpc) is 3.09. The van der Waals surface area contributed by atoms with Crippen LogP contribution in [0.5, 0.6) is 5.75 Å². The van der Waals surface area contributed by atoms with Crippen LogP contribution in [0.15, 0.2) is 12.1 Å². The van der Waals surface area contributed by atoms with Crippen LogP contribution >= 0.6 is 35.6 Å². The molecule has 1 aliphatic carbocycles. The number of alkyl halides is 1. The van der Waals surface area contributed by atoms with E-state index in [1.54, 1.807) is 12.1 Å². The van der Waals surface area contributed by atoms with E-state index >= 15 is 0 Å². The van der Waals surface area contributed by atoms with E-state index in [1.165, 1.54) is 0 Å². The van der Waals surface area contributed by atoms with Gasteiger partial charge in [-0.25, -0.2) is 4.39 Å². The lowest BCUT2D eigenvalue weighted by Crippen LogP contribution is -2.05. The molecule has 2 unspecified atom stereocenters. The Kier molecular flexibility index (Phi) is 5.99. The van der Waals surface area contributed by atoms with Gasteiger partial charge in [0, 0.05) is 5.56 Å². The smallest absolute Gasteiger partial charge is 0.124 e. The number of nitrogens with two attached hydrogens (primary N) is 1. The normalized spacial score (nSPS) is 21.3. The molecule has 1 aliphatic rings. The summed E-state index contributed by atoms with van der Waals surface area (Å²) >= 11 is 12.2. The lowest BCUT2D eigenvalue weighted by atomic mass is 10.1. The summed E-state index contributed by atoms with van der Waals surface area (Å²) in [6.07, 6.45) is 0.989. The highest BCUT2D eigenvalue weighted by molar-refractivity contribution is 6.42. The van der Waals surface area contributed by atoms with Crippen LogP contribution in [0.2, 0.25) is 10.0 Å². The number of benzene rings is 1. The van der Waals surface area contributed by atoms with Crippen molar-refractivity contribution in [2.75, 3.05) is 19.8 Å². The molecule has 2 nitrogen and oxygen atoms in total. The fourth-order valence-electron chi connectivity index (χ4n) is 2.03. The molecular formula is C12H15Cl3FNO. The predicted molar refractivity (Wildman–Crippen MR) is 75.1 cm³/mol. The molecule has 0 radical (unpaired) electrons. The molecule has 0 bridgehead atoms. The van der Waals surface area contributed by atoms with Crippen LogP contribution in [0.3, 0.4) is 0 Å². The third kappa shape index (κ3) is 3.21. The van der Waals surface area contributed by atoms with Crippen molar-refractivity contribution >= 4 is 35.6 Å². The summed E-state index contributed by atoms with van der Waals surface area (Å²) in [6, 6.07) is 3.41. The van der Waals surface area contributed by atoms with Gasteiger partial charge in [0.1, 0.15) is 19.0 Å². The monoisotopic (exact) mass is 313 g/mol. The summed E-state index contributed by atoms with van der Waals surface area (Å²) in [5.41, 5.74) is 6.50. The number of ether oxygens (including phenoxy) is 1. The van der Waals surface area contributed by atoms with Crippen LogP contribution in [-0.4, -0.2) is 19.8 Å². The Balaban J connectivity index is 0.00000162. The third-order valence-electron chi connectivity index (χ3n) is 3.02. The van der Waals surface area contributed by atoms with Crippen molar-refractivity contribution in [2.24, 2.45) is 11.7 Å². The molecule has 2 rings (SSSR count). The predicted octanol–water partition coefficient (Wildman–Crippen LogP) is 3.83. The maximum Gasteiger partial charge on any atom is 0.124 e. The van der Waals surface area contributed by atoms with Crippen LogP contribution in [0.4, 0.5) is 4.39 Å². The number of rotatable bonds is 5. The molecular weight excluding hydrogens is 299 g/mol. The van der Waals surface area contributed by atoms with Gasteiger partial charge in [0.15, 0.2) is 0 Å². The van der Waals surface area contributed by atoms with Crippen LogP contribution in [-0.2, 0) is 0 Å². The molecule has 0 amide bonds. The lowest BCUT2D eigenvalue weighted by molar-refractivity contribution is 0.271. The van der Waals surface area contributed by atoms with E-state index in [2.05, 4.69) is 0 Å². The van der Waals surface area contributed by atoms with E-state index in [4.69, 9.17) is 33.7 Å². The Morgan fingerprint density at radius 1 is 1.39 bits per heavy atom. The maximum atomic E-state index is 12.1. The van der Waals surface area contributed by atoms with Gasteiger partial charge in [-0.05, 0) is 36.9 Å². The number of halogens is 4. The minimum Gasteiger partial charge on any atom is -0.491 e. The molecule has 1 saturated carbocycles. The van der Waals surface area contributed by atoms with Crippen molar-refractivity contribution in [3.63, 3.8) is 0 Å². The van der Waals surface area contributed by atoms with Crippen molar-refractivity contribution < 1.29 is 9.13 Å². The first-order chi connectivity index (χ1) is 8.19. The molecule has 0 heterocycles. The zero-order valence-electron chi connectivity index (χ0n) is 9.67. The van der Waals surface area contributed by atoms with E-state index in [0.29, 0.717) is 34.2 Å². The van der Waals surface area contributed by atoms with E-state index in [1.807, 2.05) is 0 Å². The second-order valence-electron chi connectivity index (χ2n) is 4.15. The standard InChI is InChI=1S/C12H14Cl2FNO.ClH/c13-9-1-2-10(17-4-3-15)11(12(9)14)8-5-7(8)6-16;/h1-2,7-8H,3-6,16H2;1H. The second kappa shape index (κ2) is 6.80. The summed E-state index contributed by atoms with van der Waals surface area (Å²) in [4.78, 5) is 0. The van der Waals surface area contributed by atoms with Crippen LogP contribution in [0, 0.1) is 5.92 Å². The first-order valence-corrected chi connectivity index (χ1v) is 6.31. The summed E-state index contributed by atoms with van der Waals surface area (Å²) in [7, 11) is 0. The highest BCUT2D eigenvalue weighted by Gasteiger charge is 2.40. The second-order valence-corrected chi connectivity index (χ2v) is 4.93. The zero-order chi connectivity index (χ0) is 12.4. The fourth-order valence-corrected chi connectivity index (χ4v) is 2.49. The SMILES string of the molecule is Cl.NCC1CC1c1c(OCCF)ccc(Cl)c1Cl. The first-order valence-electron chi connectivity index (χ1n) is 5.55. The van der Waals surface area contributed by atoms with Gasteiger partial charge in [-0.1, -0.05) is 23.2 Å². The molecule has 6 heteroatoms. The minimum atomic E-state index is -0.523. The van der Waals surface area contributed by atoms with Crippen LogP contribution < -0.4 is 10.5 Å². The molecule has 2 N–H and O–H groups in total. The third-order valence-corrected chi connectivity index (χ3v) is 3.84. The van der Waals surface area contributed by atoms with Gasteiger partial charge < -0.3 is 10.5 Å². The Morgan fingerprint density at radius 3 is 2.67 bits per heavy atom. The van der Waals surface area contributed by atoms with Crippen molar-refractivity contribution in [1.29, 1.82) is 0 Å². The van der Waals surface area contributed by atoms with Crippen LogP contribution in [0.25, 0.3) is 0 Å². The first kappa shape index (κ1) is 15.8. The molecule has 1 fully saturated rings. The van der Waals surface area contributed by atoms with E-state index in [0.717, 1.165) is 12.0 Å². The van der Waals surface area contributed by atoms with Gasteiger partial charge in [0.2, 0.25) is 0 Å². The Morgan fingerprint density at radius 2 is 2.11 bits per heavy atom. The summed E-state index contributed by atoms with van der Waals surface area (Å²) in [5, 5.41) is 1.00. The van der Waals surface area contributed by atoms with Gasteiger partial charge >= 0.3 is 0 Å². The van der Waals surface area contributed by atoms with Crippen LogP contribution in [0.1, 0.15) is 17.9 Å². The largest absolute Gasteiger partial charge is 0.491 e. The van der Waals surface area contributed by atoms with Crippen molar-refractivity contribution in [1.82, 2.24) is 0 Å². The molecule has 0 spiro atoms. The molecule has 0 saturated heterocycles. The summed E-state index contributed by atoms with van der Waals surface area (Å²) in [5.74, 6) is 1.34. The highest BCUT2D eigenvalue weighted by atomic mass is 35.5. The minimum absolute atomic E-state index is 0. The molecule has 0 aromatic heterocycles. The Labute approximate surface area is 122 Å². The number of hydrogen-bond acceptors (Lipinski definition) is 2. The Bertz CT molecular complexity index is 417. The zero-order valence-corrected chi connectivity index (χ0v) is 12.0. The van der Waals surface area contributed by atoms with E-state index < -0.39 is 6.67 Å². The van der Waals surface area contributed by atoms with Gasteiger partial charge in [0.05, 0.1) is 10.0 Å². The summed E-state index contributed by atoms with van der Waals surface area (Å²) < 4.78 is 17.5. The van der Waals surface area contributed by atoms with Gasteiger partial charge in [-0.3, -0.25) is 0 Å². The Hall–Kier alpha value is -0.220. The van der Waals surface area contributed by atoms with Gasteiger partial charge in [-0.2, -0.15) is 0 Å². The van der Waals surface area contributed by atoms with Crippen molar-refractivity contribution in [2.45, 2.75) is 12.3 Å². The molecule has 1 aromatic rings. The topological polar surface area (TPSA) is 35.2 Å².